The van der Waals surface area contributed by atoms with Gasteiger partial charge in [-0.2, -0.15) is 0 Å². The van der Waals surface area contributed by atoms with Crippen LogP contribution in [0.5, 0.6) is 5.75 Å². The van der Waals surface area contributed by atoms with Gasteiger partial charge in [-0.3, -0.25) is 0 Å². The minimum absolute atomic E-state index is 0.150. The zero-order valence-corrected chi connectivity index (χ0v) is 14.2. The highest BCUT2D eigenvalue weighted by Gasteiger charge is 2.28. The molecule has 0 aliphatic carbocycles. The maximum absolute atomic E-state index is 5.93. The number of ether oxygens (including phenoxy) is 2. The van der Waals surface area contributed by atoms with Gasteiger partial charge in [0.05, 0.1) is 22.9 Å². The van der Waals surface area contributed by atoms with Crippen molar-refractivity contribution in [2.45, 2.75) is 32.2 Å². The van der Waals surface area contributed by atoms with Crippen molar-refractivity contribution in [3.05, 3.63) is 23.8 Å². The average molecular weight is 375 g/mol. The number of benzene rings is 1. The van der Waals surface area contributed by atoms with Gasteiger partial charge in [0.15, 0.2) is 0 Å². The molecule has 0 spiro atoms. The van der Waals surface area contributed by atoms with Gasteiger partial charge in [0.25, 0.3) is 0 Å². The van der Waals surface area contributed by atoms with E-state index in [-0.39, 0.29) is 5.41 Å². The average Bonchev–Trinajstić information content (AvgIpc) is 2.37. The summed E-state index contributed by atoms with van der Waals surface area (Å²) in [7, 11) is 1.74. The smallest absolute Gasteiger partial charge is 0.143 e. The molecule has 106 valence electrons. The Balaban J connectivity index is 2.33. The highest BCUT2D eigenvalue weighted by atomic mass is 127. The number of fused-ring (bicyclic) bond motifs is 1. The molecule has 1 aliphatic heterocycles. The molecule has 1 aromatic rings. The Morgan fingerprint density at radius 1 is 1.42 bits per heavy atom. The monoisotopic (exact) mass is 375 g/mol. The van der Waals surface area contributed by atoms with Crippen molar-refractivity contribution >= 4 is 28.3 Å². The largest absolute Gasteiger partial charge is 0.489 e. The topological polar surface area (TPSA) is 21.7 Å². The van der Waals surface area contributed by atoms with Gasteiger partial charge < -0.3 is 14.4 Å². The van der Waals surface area contributed by atoms with Crippen LogP contribution in [0.15, 0.2) is 18.2 Å². The van der Waals surface area contributed by atoms with Gasteiger partial charge in [-0.1, -0.05) is 49.4 Å². The number of methoxy groups -OCH3 is 1. The third kappa shape index (κ3) is 3.16. The van der Waals surface area contributed by atoms with E-state index in [0.717, 1.165) is 10.3 Å². The third-order valence-corrected chi connectivity index (χ3v) is 4.23. The second-order valence-electron chi connectivity index (χ2n) is 5.94. The van der Waals surface area contributed by atoms with Crippen molar-refractivity contribution in [3.63, 3.8) is 0 Å². The van der Waals surface area contributed by atoms with Crippen molar-refractivity contribution in [1.82, 2.24) is 0 Å². The fourth-order valence-corrected chi connectivity index (χ4v) is 3.22. The van der Waals surface area contributed by atoms with Crippen LogP contribution in [0.25, 0.3) is 0 Å². The van der Waals surface area contributed by atoms with Crippen LogP contribution < -0.4 is 9.64 Å². The minimum atomic E-state index is 0.150. The maximum Gasteiger partial charge on any atom is 0.143 e. The highest BCUT2D eigenvalue weighted by molar-refractivity contribution is 14.1. The van der Waals surface area contributed by atoms with E-state index >= 15 is 0 Å². The van der Waals surface area contributed by atoms with Gasteiger partial charge in [0.1, 0.15) is 12.4 Å². The van der Waals surface area contributed by atoms with Crippen molar-refractivity contribution in [2.24, 2.45) is 0 Å². The Labute approximate surface area is 129 Å². The summed E-state index contributed by atoms with van der Waals surface area (Å²) < 4.78 is 12.2. The quantitative estimate of drug-likeness (QED) is 0.458. The zero-order valence-electron chi connectivity index (χ0n) is 12.1. The molecule has 0 fully saturated rings. The fourth-order valence-electron chi connectivity index (χ4n) is 2.30. The number of rotatable bonds is 3. The van der Waals surface area contributed by atoms with E-state index < -0.39 is 0 Å². The van der Waals surface area contributed by atoms with Crippen LogP contribution in [0.3, 0.4) is 0 Å². The summed E-state index contributed by atoms with van der Waals surface area (Å²) in [6, 6.07) is 6.86. The lowest BCUT2D eigenvalue weighted by Crippen LogP contribution is -2.45. The summed E-state index contributed by atoms with van der Waals surface area (Å²) in [5.41, 5.74) is 2.64. The SMILES string of the molecule is COCC1COc2cc(C(C)(C)C)ccc2N1CI. The summed E-state index contributed by atoms with van der Waals surface area (Å²) in [4.78, 5) is 2.36. The van der Waals surface area contributed by atoms with E-state index in [0.29, 0.717) is 19.3 Å². The first-order valence-electron chi connectivity index (χ1n) is 6.56. The first-order valence-corrected chi connectivity index (χ1v) is 8.09. The maximum atomic E-state index is 5.93. The number of hydrogen-bond acceptors (Lipinski definition) is 3. The normalized spacial score (nSPS) is 19.0. The molecule has 1 atom stereocenters. The number of anilines is 1. The fraction of sp³-hybridized carbons (Fsp3) is 0.600. The van der Waals surface area contributed by atoms with Crippen molar-refractivity contribution in [1.29, 1.82) is 0 Å². The number of alkyl halides is 1. The molecule has 1 heterocycles. The van der Waals surface area contributed by atoms with E-state index in [9.17, 15) is 0 Å². The van der Waals surface area contributed by atoms with Gasteiger partial charge in [-0.25, -0.2) is 0 Å². The second-order valence-corrected chi connectivity index (χ2v) is 6.62. The van der Waals surface area contributed by atoms with Gasteiger partial charge in [0.2, 0.25) is 0 Å². The lowest BCUT2D eigenvalue weighted by molar-refractivity contribution is 0.143. The summed E-state index contributed by atoms with van der Waals surface area (Å²) >= 11 is 2.40. The Morgan fingerprint density at radius 3 is 2.74 bits per heavy atom. The molecule has 1 aliphatic rings. The predicted molar refractivity (Wildman–Crippen MR) is 87.7 cm³/mol. The van der Waals surface area contributed by atoms with Gasteiger partial charge in [-0.05, 0) is 23.1 Å². The van der Waals surface area contributed by atoms with E-state index in [1.807, 2.05) is 0 Å². The van der Waals surface area contributed by atoms with E-state index in [4.69, 9.17) is 9.47 Å². The van der Waals surface area contributed by atoms with Crippen LogP contribution in [-0.2, 0) is 10.2 Å². The van der Waals surface area contributed by atoms with Crippen molar-refractivity contribution < 1.29 is 9.47 Å². The van der Waals surface area contributed by atoms with Gasteiger partial charge in [0, 0.05) is 7.11 Å². The van der Waals surface area contributed by atoms with Crippen LogP contribution in [0.4, 0.5) is 5.69 Å². The Kier molecular flexibility index (Phi) is 4.61. The van der Waals surface area contributed by atoms with Crippen LogP contribution in [0, 0.1) is 0 Å². The number of hydrogen-bond donors (Lipinski definition) is 0. The number of halogens is 1. The standard InChI is InChI=1S/C15H22INO2/c1-15(2,3)11-5-6-13-14(7-11)19-9-12(8-18-4)17(13)10-16/h5-7,12H,8-10H2,1-4H3. The molecule has 0 N–H and O–H groups in total. The molecule has 0 amide bonds. The van der Waals surface area contributed by atoms with Gasteiger partial charge in [-0.15, -0.1) is 0 Å². The number of nitrogens with zero attached hydrogens (tertiary/aromatic N) is 1. The van der Waals surface area contributed by atoms with Crippen LogP contribution in [0.1, 0.15) is 26.3 Å². The zero-order chi connectivity index (χ0) is 14.0. The predicted octanol–water partition coefficient (Wildman–Crippen LogP) is 3.59. The molecule has 1 aromatic carbocycles. The molecule has 0 radical (unpaired) electrons. The summed E-state index contributed by atoms with van der Waals surface area (Å²) in [5, 5.41) is 0. The van der Waals surface area contributed by atoms with E-state index in [1.54, 1.807) is 7.11 Å². The molecule has 0 bridgehead atoms. The Morgan fingerprint density at radius 2 is 2.16 bits per heavy atom. The van der Waals surface area contributed by atoms with Gasteiger partial charge >= 0.3 is 0 Å². The summed E-state index contributed by atoms with van der Waals surface area (Å²) in [6.45, 7) is 8.06. The summed E-state index contributed by atoms with van der Waals surface area (Å²) in [5.74, 6) is 0.997. The highest BCUT2D eigenvalue weighted by Crippen LogP contribution is 2.37. The first kappa shape index (κ1) is 14.9. The molecule has 19 heavy (non-hydrogen) atoms. The Bertz CT molecular complexity index is 442. The van der Waals surface area contributed by atoms with Crippen LogP contribution in [-0.4, -0.2) is 30.9 Å². The van der Waals surface area contributed by atoms with E-state index in [1.165, 1.54) is 11.3 Å². The third-order valence-electron chi connectivity index (χ3n) is 3.50. The molecule has 1 unspecified atom stereocenters. The molecule has 2 rings (SSSR count). The Hall–Kier alpha value is -0.490. The minimum Gasteiger partial charge on any atom is -0.489 e. The molecule has 3 nitrogen and oxygen atoms in total. The van der Waals surface area contributed by atoms with Crippen molar-refractivity contribution in [3.8, 4) is 5.75 Å². The molecular weight excluding hydrogens is 353 g/mol. The lowest BCUT2D eigenvalue weighted by atomic mass is 9.86. The van der Waals surface area contributed by atoms with Crippen LogP contribution >= 0.6 is 22.6 Å². The molecule has 4 heteroatoms. The van der Waals surface area contributed by atoms with Crippen LogP contribution in [0.2, 0.25) is 0 Å². The lowest BCUT2D eigenvalue weighted by Gasteiger charge is -2.37. The summed E-state index contributed by atoms with van der Waals surface area (Å²) in [6.07, 6.45) is 0. The van der Waals surface area contributed by atoms with Crippen molar-refractivity contribution in [2.75, 3.05) is 29.8 Å². The first-order chi connectivity index (χ1) is 8.97. The molecule has 0 aromatic heterocycles. The second kappa shape index (κ2) is 5.87. The molecule has 0 saturated carbocycles. The van der Waals surface area contributed by atoms with E-state index in [2.05, 4.69) is 66.5 Å². The molecular formula is C15H22INO2. The molecule has 0 saturated heterocycles.